The zero-order valence-corrected chi connectivity index (χ0v) is 23.8. The molecule has 0 aromatic heterocycles. The first-order valence-corrected chi connectivity index (χ1v) is 13.6. The number of allylic oxidation sites excluding steroid dienone is 1. The molecule has 7 heteroatoms. The van der Waals surface area contributed by atoms with Crippen molar-refractivity contribution in [2.75, 3.05) is 25.1 Å². The van der Waals surface area contributed by atoms with Crippen molar-refractivity contribution in [3.05, 3.63) is 130 Å². The lowest BCUT2D eigenvalue weighted by atomic mass is 10.0. The van der Waals surface area contributed by atoms with Crippen molar-refractivity contribution < 1.29 is 9.53 Å². The van der Waals surface area contributed by atoms with E-state index in [1.54, 1.807) is 11.8 Å². The van der Waals surface area contributed by atoms with Gasteiger partial charge < -0.3 is 9.64 Å². The number of aliphatic imine (C=N–C) groups is 1. The van der Waals surface area contributed by atoms with Gasteiger partial charge >= 0.3 is 5.97 Å². The van der Waals surface area contributed by atoms with Crippen molar-refractivity contribution in [2.45, 2.75) is 16.3 Å². The molecule has 0 spiro atoms. The summed E-state index contributed by atoms with van der Waals surface area (Å²) in [6.45, 7) is 2.22. The van der Waals surface area contributed by atoms with E-state index in [-0.39, 0.29) is 18.4 Å². The molecule has 4 aromatic rings. The molecule has 0 saturated heterocycles. The monoisotopic (exact) mass is 574 g/mol. The largest absolute Gasteiger partial charge is 0.465 e. The second-order valence-corrected chi connectivity index (χ2v) is 10.4. The van der Waals surface area contributed by atoms with Gasteiger partial charge in [-0.25, -0.2) is 4.79 Å². The molecule has 4 nitrogen and oxygen atoms in total. The van der Waals surface area contributed by atoms with Crippen LogP contribution >= 0.6 is 35.8 Å². The summed E-state index contributed by atoms with van der Waals surface area (Å²) in [6, 6.07) is 32.3. The quantitative estimate of drug-likeness (QED) is 0.208. The Labute approximate surface area is 244 Å². The minimum Gasteiger partial charge on any atom is -0.465 e. The summed E-state index contributed by atoms with van der Waals surface area (Å²) >= 11 is 7.78. The van der Waals surface area contributed by atoms with E-state index < -0.39 is 0 Å². The molecular weight excluding hydrogens is 547 g/mol. The van der Waals surface area contributed by atoms with Crippen molar-refractivity contribution in [3.8, 4) is 0 Å². The van der Waals surface area contributed by atoms with Crippen LogP contribution in [0.2, 0.25) is 5.02 Å². The maximum Gasteiger partial charge on any atom is 0.337 e. The Morgan fingerprint density at radius 3 is 2.44 bits per heavy atom. The molecule has 39 heavy (non-hydrogen) atoms. The number of rotatable bonds is 7. The number of anilines is 1. The van der Waals surface area contributed by atoms with Crippen LogP contribution in [0, 0.1) is 0 Å². The number of para-hydroxylation sites is 1. The van der Waals surface area contributed by atoms with E-state index >= 15 is 0 Å². The number of hydrogen-bond donors (Lipinski definition) is 0. The average molecular weight is 576 g/mol. The van der Waals surface area contributed by atoms with Gasteiger partial charge in [-0.1, -0.05) is 78.0 Å². The number of halogens is 2. The van der Waals surface area contributed by atoms with Crippen molar-refractivity contribution in [2.24, 2.45) is 4.99 Å². The molecule has 0 unspecified atom stereocenters. The predicted molar refractivity (Wildman–Crippen MR) is 165 cm³/mol. The Balaban J connectivity index is 0.00000353. The number of fused-ring (bicyclic) bond motifs is 1. The highest BCUT2D eigenvalue weighted by Crippen LogP contribution is 2.32. The van der Waals surface area contributed by atoms with Gasteiger partial charge in [-0.3, -0.25) is 4.99 Å². The molecule has 0 radical (unpaired) electrons. The van der Waals surface area contributed by atoms with E-state index in [1.807, 2.05) is 48.5 Å². The summed E-state index contributed by atoms with van der Waals surface area (Å²) in [6.07, 6.45) is 4.27. The van der Waals surface area contributed by atoms with Crippen molar-refractivity contribution >= 4 is 59.2 Å². The molecule has 1 aliphatic heterocycles. The van der Waals surface area contributed by atoms with Crippen LogP contribution in [-0.4, -0.2) is 31.9 Å². The summed E-state index contributed by atoms with van der Waals surface area (Å²) in [5.74, 6) is -0.324. The first kappa shape index (κ1) is 28.5. The number of benzene rings is 4. The van der Waals surface area contributed by atoms with Gasteiger partial charge in [0.15, 0.2) is 0 Å². The van der Waals surface area contributed by atoms with Gasteiger partial charge in [-0.2, -0.15) is 0 Å². The zero-order chi connectivity index (χ0) is 26.3. The van der Waals surface area contributed by atoms with Gasteiger partial charge in [0.2, 0.25) is 0 Å². The van der Waals surface area contributed by atoms with Crippen LogP contribution in [0.3, 0.4) is 0 Å². The van der Waals surface area contributed by atoms with Crippen LogP contribution in [0.25, 0.3) is 6.08 Å². The number of hydrogen-bond acceptors (Lipinski definition) is 5. The number of carbonyl (C=O) groups is 1. The van der Waals surface area contributed by atoms with Crippen molar-refractivity contribution in [3.63, 3.8) is 0 Å². The molecule has 0 bridgehead atoms. The smallest absolute Gasteiger partial charge is 0.337 e. The Morgan fingerprint density at radius 1 is 0.949 bits per heavy atom. The van der Waals surface area contributed by atoms with Crippen LogP contribution in [0.1, 0.15) is 27.0 Å². The normalized spacial score (nSPS) is 12.8. The summed E-state index contributed by atoms with van der Waals surface area (Å²) in [7, 11) is 1.40. The molecule has 1 heterocycles. The Bertz CT molecular complexity index is 1490. The SMILES string of the molecule is COC(=O)c1ccc(CN2CCN=C(/C=C/c3ccccc3Sc3ccc(Cl)cc3)c3ccccc32)cc1.Cl. The summed E-state index contributed by atoms with van der Waals surface area (Å²) in [5.41, 5.74) is 6.04. The number of ether oxygens (including phenoxy) is 1. The highest BCUT2D eigenvalue weighted by Gasteiger charge is 2.17. The highest BCUT2D eigenvalue weighted by atomic mass is 35.5. The van der Waals surface area contributed by atoms with E-state index in [0.717, 1.165) is 51.1 Å². The van der Waals surface area contributed by atoms with E-state index in [0.29, 0.717) is 12.1 Å². The van der Waals surface area contributed by atoms with Crippen LogP contribution < -0.4 is 4.90 Å². The van der Waals surface area contributed by atoms with E-state index in [1.165, 1.54) is 12.0 Å². The molecular formula is C32H28Cl2N2O2S. The van der Waals surface area contributed by atoms with E-state index in [9.17, 15) is 4.79 Å². The molecule has 0 amide bonds. The van der Waals surface area contributed by atoms with Crippen LogP contribution in [0.5, 0.6) is 0 Å². The molecule has 1 aliphatic rings. The molecule has 198 valence electrons. The first-order chi connectivity index (χ1) is 18.6. The lowest BCUT2D eigenvalue weighted by Gasteiger charge is -2.25. The molecule has 0 atom stereocenters. The highest BCUT2D eigenvalue weighted by molar-refractivity contribution is 7.99. The average Bonchev–Trinajstić information content (AvgIpc) is 3.13. The van der Waals surface area contributed by atoms with E-state index in [2.05, 4.69) is 65.6 Å². The van der Waals surface area contributed by atoms with Gasteiger partial charge in [-0.15, -0.1) is 12.4 Å². The van der Waals surface area contributed by atoms with Crippen LogP contribution in [0.15, 0.2) is 118 Å². The van der Waals surface area contributed by atoms with Crippen LogP contribution in [0.4, 0.5) is 5.69 Å². The Hall–Kier alpha value is -3.51. The number of carbonyl (C=O) groups excluding carboxylic acids is 1. The van der Waals surface area contributed by atoms with Crippen molar-refractivity contribution in [1.29, 1.82) is 0 Å². The Morgan fingerprint density at radius 2 is 1.67 bits per heavy atom. The topological polar surface area (TPSA) is 41.9 Å². The minimum absolute atomic E-state index is 0. The molecule has 5 rings (SSSR count). The van der Waals surface area contributed by atoms with Crippen LogP contribution in [-0.2, 0) is 11.3 Å². The minimum atomic E-state index is -0.324. The van der Waals surface area contributed by atoms with Gasteiger partial charge in [-0.05, 0) is 65.7 Å². The maximum absolute atomic E-state index is 11.8. The standard InChI is InChI=1S/C32H27ClN2O2S.ClH/c1-37-32(36)25-12-10-23(11-13-25)22-35-21-20-34-29(28-7-3-4-8-30(28)35)19-14-24-6-2-5-9-31(24)38-27-17-15-26(33)16-18-27;/h2-19H,20-22H2,1H3;1H/b19-14+;. The third-order valence-corrected chi connectivity index (χ3v) is 7.65. The Kier molecular flexibility index (Phi) is 9.88. The molecule has 0 aliphatic carbocycles. The fourth-order valence-corrected chi connectivity index (χ4v) is 5.42. The summed E-state index contributed by atoms with van der Waals surface area (Å²) < 4.78 is 4.82. The summed E-state index contributed by atoms with van der Waals surface area (Å²) in [4.78, 5) is 21.4. The lowest BCUT2D eigenvalue weighted by Crippen LogP contribution is -2.25. The molecule has 4 aromatic carbocycles. The fourth-order valence-electron chi connectivity index (χ4n) is 4.36. The zero-order valence-electron chi connectivity index (χ0n) is 21.4. The molecule has 0 fully saturated rings. The van der Waals surface area contributed by atoms with E-state index in [4.69, 9.17) is 21.3 Å². The number of methoxy groups -OCH3 is 1. The maximum atomic E-state index is 11.8. The van der Waals surface area contributed by atoms with Gasteiger partial charge in [0, 0.05) is 39.2 Å². The van der Waals surface area contributed by atoms with Gasteiger partial charge in [0.25, 0.3) is 0 Å². The third-order valence-electron chi connectivity index (χ3n) is 6.30. The second-order valence-electron chi connectivity index (χ2n) is 8.82. The van der Waals surface area contributed by atoms with Gasteiger partial charge in [0.1, 0.15) is 0 Å². The third kappa shape index (κ3) is 7.12. The summed E-state index contributed by atoms with van der Waals surface area (Å²) in [5, 5.41) is 0.736. The second kappa shape index (κ2) is 13.5. The lowest BCUT2D eigenvalue weighted by molar-refractivity contribution is 0.0600. The number of nitrogens with zero attached hydrogens (tertiary/aromatic N) is 2. The first-order valence-electron chi connectivity index (χ1n) is 12.4. The van der Waals surface area contributed by atoms with Gasteiger partial charge in [0.05, 0.1) is 24.9 Å². The number of esters is 1. The fraction of sp³-hybridized carbons (Fsp3) is 0.125. The van der Waals surface area contributed by atoms with Crippen molar-refractivity contribution in [1.82, 2.24) is 0 Å². The number of benzodiazepines with no additional fused rings is 1. The predicted octanol–water partition coefficient (Wildman–Crippen LogP) is 8.22. The molecule has 0 saturated carbocycles. The molecule has 0 N–H and O–H groups in total.